The SMILES string of the molecule is Cc1cn(-c2ccc(Cl)c(Cl)c2)/c(=N/C(=O)N2CCC(F)C2)s1. The van der Waals surface area contributed by atoms with Crippen molar-refractivity contribution in [2.24, 2.45) is 4.99 Å². The molecule has 3 rings (SSSR count). The van der Waals surface area contributed by atoms with Crippen LogP contribution in [-0.2, 0) is 0 Å². The van der Waals surface area contributed by atoms with E-state index in [4.69, 9.17) is 23.2 Å². The van der Waals surface area contributed by atoms with Crippen LogP contribution in [0.3, 0.4) is 0 Å². The van der Waals surface area contributed by atoms with Crippen LogP contribution >= 0.6 is 34.5 Å². The molecule has 1 aromatic heterocycles. The van der Waals surface area contributed by atoms with Gasteiger partial charge in [-0.3, -0.25) is 4.57 Å². The molecule has 0 N–H and O–H groups in total. The number of hydrogen-bond donors (Lipinski definition) is 0. The van der Waals surface area contributed by atoms with Gasteiger partial charge in [0.25, 0.3) is 0 Å². The van der Waals surface area contributed by atoms with E-state index >= 15 is 0 Å². The van der Waals surface area contributed by atoms with Gasteiger partial charge in [0.15, 0.2) is 4.80 Å². The molecular weight excluding hydrogens is 360 g/mol. The van der Waals surface area contributed by atoms with E-state index in [1.165, 1.54) is 16.2 Å². The number of amides is 2. The summed E-state index contributed by atoms with van der Waals surface area (Å²) in [6, 6.07) is 4.80. The van der Waals surface area contributed by atoms with Gasteiger partial charge in [0.05, 0.1) is 16.6 Å². The molecule has 1 aliphatic heterocycles. The lowest BCUT2D eigenvalue weighted by molar-refractivity contribution is 0.213. The zero-order chi connectivity index (χ0) is 16.6. The summed E-state index contributed by atoms with van der Waals surface area (Å²) in [6.45, 7) is 2.44. The lowest BCUT2D eigenvalue weighted by Gasteiger charge is -2.11. The van der Waals surface area contributed by atoms with E-state index in [0.717, 1.165) is 10.6 Å². The van der Waals surface area contributed by atoms with Crippen LogP contribution in [-0.4, -0.2) is 34.8 Å². The van der Waals surface area contributed by atoms with Gasteiger partial charge < -0.3 is 4.90 Å². The summed E-state index contributed by atoms with van der Waals surface area (Å²) in [5.74, 6) is 0. The standard InChI is InChI=1S/C15H14Cl2FN3OS/c1-9-7-21(11-2-3-12(16)13(17)6-11)15(23-9)19-14(22)20-5-4-10(18)8-20/h2-3,6-7,10H,4-5,8H2,1H3/b19-15-. The Morgan fingerprint density at radius 2 is 2.17 bits per heavy atom. The van der Waals surface area contributed by atoms with Crippen molar-refractivity contribution in [1.82, 2.24) is 9.47 Å². The van der Waals surface area contributed by atoms with Gasteiger partial charge in [-0.15, -0.1) is 11.3 Å². The fourth-order valence-electron chi connectivity index (χ4n) is 2.40. The number of urea groups is 1. The first-order valence-electron chi connectivity index (χ1n) is 7.06. The maximum Gasteiger partial charge on any atom is 0.346 e. The predicted octanol–water partition coefficient (Wildman–Crippen LogP) is 4.22. The zero-order valence-electron chi connectivity index (χ0n) is 12.3. The normalized spacial score (nSPS) is 18.7. The third-order valence-corrected chi connectivity index (χ3v) is 5.18. The molecule has 1 unspecified atom stereocenters. The number of rotatable bonds is 1. The van der Waals surface area contributed by atoms with Crippen molar-refractivity contribution in [3.63, 3.8) is 0 Å². The van der Waals surface area contributed by atoms with Gasteiger partial charge in [0.1, 0.15) is 6.17 Å². The highest BCUT2D eigenvalue weighted by Gasteiger charge is 2.25. The second-order valence-electron chi connectivity index (χ2n) is 5.32. The van der Waals surface area contributed by atoms with Crippen LogP contribution in [0.5, 0.6) is 0 Å². The van der Waals surface area contributed by atoms with Crippen molar-refractivity contribution in [3.8, 4) is 5.69 Å². The van der Waals surface area contributed by atoms with Crippen LogP contribution in [0.15, 0.2) is 29.4 Å². The highest BCUT2D eigenvalue weighted by molar-refractivity contribution is 7.09. The molecule has 0 saturated carbocycles. The summed E-state index contributed by atoms with van der Waals surface area (Å²) < 4.78 is 15.0. The lowest BCUT2D eigenvalue weighted by atomic mass is 10.3. The van der Waals surface area contributed by atoms with E-state index in [0.29, 0.717) is 27.8 Å². The number of aryl methyl sites for hydroxylation is 1. The summed E-state index contributed by atoms with van der Waals surface area (Å²) in [5.41, 5.74) is 0.764. The van der Waals surface area contributed by atoms with Crippen LogP contribution < -0.4 is 4.80 Å². The highest BCUT2D eigenvalue weighted by atomic mass is 35.5. The minimum atomic E-state index is -0.957. The van der Waals surface area contributed by atoms with Gasteiger partial charge in [-0.2, -0.15) is 4.99 Å². The Bertz CT molecular complexity index is 817. The molecule has 2 aromatic rings. The minimum Gasteiger partial charge on any atom is -0.320 e. The number of alkyl halides is 1. The number of aromatic nitrogens is 1. The number of carbonyl (C=O) groups excluding carboxylic acids is 1. The van der Waals surface area contributed by atoms with Crippen molar-refractivity contribution in [3.05, 3.63) is 44.1 Å². The fourth-order valence-corrected chi connectivity index (χ4v) is 3.52. The van der Waals surface area contributed by atoms with Crippen LogP contribution in [0, 0.1) is 6.92 Å². The number of thiazole rings is 1. The molecule has 0 radical (unpaired) electrons. The largest absolute Gasteiger partial charge is 0.346 e. The molecule has 1 saturated heterocycles. The van der Waals surface area contributed by atoms with Crippen LogP contribution in [0.2, 0.25) is 10.0 Å². The number of nitrogens with zero attached hydrogens (tertiary/aromatic N) is 3. The molecule has 0 spiro atoms. The summed E-state index contributed by atoms with van der Waals surface area (Å²) in [7, 11) is 0. The topological polar surface area (TPSA) is 37.6 Å². The Kier molecular flexibility index (Phi) is 4.75. The van der Waals surface area contributed by atoms with E-state index < -0.39 is 12.2 Å². The number of hydrogen-bond acceptors (Lipinski definition) is 2. The molecule has 2 heterocycles. The molecule has 1 aromatic carbocycles. The zero-order valence-corrected chi connectivity index (χ0v) is 14.6. The molecule has 1 atom stereocenters. The van der Waals surface area contributed by atoms with E-state index in [9.17, 15) is 9.18 Å². The van der Waals surface area contributed by atoms with Crippen LogP contribution in [0.25, 0.3) is 5.69 Å². The first kappa shape index (κ1) is 16.5. The molecule has 122 valence electrons. The minimum absolute atomic E-state index is 0.111. The Labute approximate surface area is 146 Å². The van der Waals surface area contributed by atoms with E-state index in [1.807, 2.05) is 13.1 Å². The Morgan fingerprint density at radius 1 is 1.39 bits per heavy atom. The van der Waals surface area contributed by atoms with Gasteiger partial charge in [0.2, 0.25) is 0 Å². The number of carbonyl (C=O) groups is 1. The summed E-state index contributed by atoms with van der Waals surface area (Å²) in [5, 5.41) is 0.890. The van der Waals surface area contributed by atoms with Crippen LogP contribution in [0.1, 0.15) is 11.3 Å². The number of benzene rings is 1. The van der Waals surface area contributed by atoms with Crippen molar-refractivity contribution in [2.75, 3.05) is 13.1 Å². The van der Waals surface area contributed by atoms with Crippen molar-refractivity contribution in [1.29, 1.82) is 0 Å². The number of likely N-dealkylation sites (tertiary alicyclic amines) is 1. The highest BCUT2D eigenvalue weighted by Crippen LogP contribution is 2.24. The maximum absolute atomic E-state index is 13.2. The molecule has 0 aliphatic carbocycles. The predicted molar refractivity (Wildman–Crippen MR) is 90.4 cm³/mol. The Hall–Kier alpha value is -1.37. The Balaban J connectivity index is 1.98. The third-order valence-electron chi connectivity index (χ3n) is 3.54. The lowest BCUT2D eigenvalue weighted by Crippen LogP contribution is -2.28. The van der Waals surface area contributed by atoms with Gasteiger partial charge in [0, 0.05) is 23.3 Å². The molecule has 4 nitrogen and oxygen atoms in total. The first-order chi connectivity index (χ1) is 10.9. The van der Waals surface area contributed by atoms with E-state index in [2.05, 4.69) is 4.99 Å². The molecule has 8 heteroatoms. The second-order valence-corrected chi connectivity index (χ2v) is 7.35. The van der Waals surface area contributed by atoms with E-state index in [-0.39, 0.29) is 6.54 Å². The summed E-state index contributed by atoms with van der Waals surface area (Å²) >= 11 is 13.4. The molecule has 23 heavy (non-hydrogen) atoms. The first-order valence-corrected chi connectivity index (χ1v) is 8.63. The second kappa shape index (κ2) is 6.63. The molecule has 1 fully saturated rings. The van der Waals surface area contributed by atoms with Crippen molar-refractivity contribution in [2.45, 2.75) is 19.5 Å². The molecule has 2 amide bonds. The van der Waals surface area contributed by atoms with Crippen molar-refractivity contribution >= 4 is 40.6 Å². The quantitative estimate of drug-likeness (QED) is 0.737. The monoisotopic (exact) mass is 373 g/mol. The van der Waals surface area contributed by atoms with Gasteiger partial charge in [-0.25, -0.2) is 9.18 Å². The Morgan fingerprint density at radius 3 is 2.83 bits per heavy atom. The van der Waals surface area contributed by atoms with Crippen LogP contribution in [0.4, 0.5) is 9.18 Å². The smallest absolute Gasteiger partial charge is 0.320 e. The average molecular weight is 374 g/mol. The number of halogens is 3. The molecule has 0 bridgehead atoms. The van der Waals surface area contributed by atoms with Gasteiger partial charge >= 0.3 is 6.03 Å². The average Bonchev–Trinajstić information content (AvgIpc) is 3.08. The summed E-state index contributed by atoms with van der Waals surface area (Å²) in [4.78, 5) is 19.3. The summed E-state index contributed by atoms with van der Waals surface area (Å²) in [6.07, 6.45) is 1.29. The van der Waals surface area contributed by atoms with Gasteiger partial charge in [-0.1, -0.05) is 23.2 Å². The van der Waals surface area contributed by atoms with E-state index in [1.54, 1.807) is 22.8 Å². The fraction of sp³-hybridized carbons (Fsp3) is 0.333. The van der Waals surface area contributed by atoms with Crippen molar-refractivity contribution < 1.29 is 9.18 Å². The van der Waals surface area contributed by atoms with Gasteiger partial charge in [-0.05, 0) is 31.5 Å². The third kappa shape index (κ3) is 3.59. The molecule has 1 aliphatic rings. The maximum atomic E-state index is 13.2. The molecular formula is C15H14Cl2FN3OS.